The van der Waals surface area contributed by atoms with E-state index in [1.807, 2.05) is 6.92 Å². The van der Waals surface area contributed by atoms with Crippen LogP contribution >= 0.6 is 0 Å². The second-order valence-corrected chi connectivity index (χ2v) is 12.1. The summed E-state index contributed by atoms with van der Waals surface area (Å²) in [5.41, 5.74) is 2.95. The fraction of sp³-hybridized carbons (Fsp3) is 0.657. The lowest BCUT2D eigenvalue weighted by molar-refractivity contribution is 0.0441. The lowest BCUT2D eigenvalue weighted by Gasteiger charge is -2.35. The second-order valence-electron chi connectivity index (χ2n) is 12.1. The fourth-order valence-corrected chi connectivity index (χ4v) is 5.56. The number of pyridine rings is 2. The highest BCUT2D eigenvalue weighted by molar-refractivity contribution is 5.96. The van der Waals surface area contributed by atoms with Crippen LogP contribution in [0.5, 0.6) is 11.5 Å². The number of unbranched alkanes of at least 4 members (excludes halogenated alkanes) is 2. The van der Waals surface area contributed by atoms with E-state index in [0.29, 0.717) is 50.5 Å². The predicted octanol–water partition coefficient (Wildman–Crippen LogP) is 3.58. The topological polar surface area (TPSA) is 168 Å². The number of ether oxygens (including phenoxy) is 4. The fourth-order valence-electron chi connectivity index (χ4n) is 5.56. The molecule has 0 aromatic carbocycles. The van der Waals surface area contributed by atoms with Gasteiger partial charge in [0.1, 0.15) is 6.67 Å². The van der Waals surface area contributed by atoms with Gasteiger partial charge in [-0.1, -0.05) is 41.5 Å². The molecule has 0 saturated carbocycles. The molecule has 2 aromatic rings. The number of amides is 2. The van der Waals surface area contributed by atoms with Crippen molar-refractivity contribution in [3.05, 3.63) is 56.4 Å². The third-order valence-corrected chi connectivity index (χ3v) is 8.48. The lowest BCUT2D eigenvalue weighted by atomic mass is 9.99. The Balaban J connectivity index is 0.000000327. The van der Waals surface area contributed by atoms with Crippen molar-refractivity contribution in [1.29, 1.82) is 0 Å². The van der Waals surface area contributed by atoms with Gasteiger partial charge in [-0.2, -0.15) is 0 Å². The van der Waals surface area contributed by atoms with Crippen molar-refractivity contribution in [1.82, 2.24) is 19.6 Å². The van der Waals surface area contributed by atoms with Gasteiger partial charge in [0.15, 0.2) is 22.9 Å². The van der Waals surface area contributed by atoms with Crippen molar-refractivity contribution in [2.45, 2.75) is 80.1 Å². The zero-order valence-corrected chi connectivity index (χ0v) is 27.7. The molecule has 14 nitrogen and oxygen atoms in total. The molecule has 2 fully saturated rings. The van der Waals surface area contributed by atoms with Gasteiger partial charge in [0.25, 0.3) is 11.8 Å². The molecule has 4 N–H and O–H groups in total. The van der Waals surface area contributed by atoms with Crippen LogP contribution in [-0.4, -0.2) is 85.5 Å². The van der Waals surface area contributed by atoms with E-state index in [9.17, 15) is 19.2 Å². The first-order chi connectivity index (χ1) is 22.8. The number of rotatable bonds is 13. The molecule has 5 heterocycles. The average Bonchev–Trinajstić information content (AvgIpc) is 3.09. The number of carbonyl (C=O) groups excluding carboxylic acids is 2. The Kier molecular flexibility index (Phi) is 17.7. The summed E-state index contributed by atoms with van der Waals surface area (Å²) in [6.45, 7) is 9.50. The first-order valence-corrected chi connectivity index (χ1v) is 16.8. The molecule has 0 atom stereocenters. The van der Waals surface area contributed by atoms with Crippen LogP contribution < -0.4 is 36.9 Å². The number of aromatic nitrogens is 2. The van der Waals surface area contributed by atoms with E-state index in [1.54, 1.807) is 15.8 Å². The van der Waals surface area contributed by atoms with Crippen LogP contribution in [-0.2, 0) is 9.47 Å². The molecular weight excluding hydrogens is 632 g/mol. The number of hydrogen-bond donors (Lipinski definition) is 3. The normalized spacial score (nSPS) is 16.1. The Morgan fingerprint density at radius 2 is 1.43 bits per heavy atom. The van der Waals surface area contributed by atoms with Crippen LogP contribution in [0, 0.1) is 11.8 Å². The molecule has 2 saturated heterocycles. The lowest BCUT2D eigenvalue weighted by Crippen LogP contribution is -2.48. The van der Waals surface area contributed by atoms with E-state index in [4.69, 9.17) is 24.8 Å². The number of hydrogen-bond acceptors (Lipinski definition) is 10. The number of nitrogen functional groups attached to an aromatic ring is 1. The zero-order chi connectivity index (χ0) is 33.6. The summed E-state index contributed by atoms with van der Waals surface area (Å²) in [7, 11) is 0. The monoisotopic (exact) mass is 690 g/mol. The second kappa shape index (κ2) is 21.1. The van der Waals surface area contributed by atoms with Crippen molar-refractivity contribution < 1.29 is 28.5 Å². The Morgan fingerprint density at radius 1 is 0.878 bits per heavy atom. The third kappa shape index (κ3) is 11.5. The van der Waals surface area contributed by atoms with E-state index in [-0.39, 0.29) is 54.7 Å². The van der Waals surface area contributed by atoms with Crippen molar-refractivity contribution >= 4 is 11.8 Å². The maximum Gasteiger partial charge on any atom is 0.277 e. The maximum absolute atomic E-state index is 12.9. The van der Waals surface area contributed by atoms with Gasteiger partial charge in [-0.3, -0.25) is 28.5 Å². The molecule has 0 unspecified atom stereocenters. The van der Waals surface area contributed by atoms with Gasteiger partial charge >= 0.3 is 0 Å². The van der Waals surface area contributed by atoms with Gasteiger partial charge in [-0.15, -0.1) is 0 Å². The molecule has 276 valence electrons. The van der Waals surface area contributed by atoms with Crippen LogP contribution in [0.2, 0.25) is 0 Å². The molecule has 0 aliphatic carbocycles. The SMILES string of the molecule is C.C.CCCCOc1c(C(=O)NCC2CCOCC2)n(N)ccc1=O.CCCCOc1c2n(ccc1=O)NCN(CC1CCOCC1)C2=O. The molecule has 0 spiro atoms. The smallest absolute Gasteiger partial charge is 0.277 e. The van der Waals surface area contributed by atoms with Crippen LogP contribution in [0.3, 0.4) is 0 Å². The van der Waals surface area contributed by atoms with Gasteiger partial charge in [0.05, 0.1) is 13.2 Å². The molecule has 3 aliphatic rings. The molecule has 14 heteroatoms. The van der Waals surface area contributed by atoms with Crippen LogP contribution in [0.15, 0.2) is 34.1 Å². The maximum atomic E-state index is 12.9. The summed E-state index contributed by atoms with van der Waals surface area (Å²) < 4.78 is 24.6. The number of carbonyl (C=O) groups is 2. The van der Waals surface area contributed by atoms with Gasteiger partial charge in [0, 0.05) is 64.0 Å². The largest absolute Gasteiger partial charge is 0.487 e. The van der Waals surface area contributed by atoms with Gasteiger partial charge in [0.2, 0.25) is 10.9 Å². The number of nitrogens with one attached hydrogen (secondary N) is 2. The number of fused-ring (bicyclic) bond motifs is 1. The van der Waals surface area contributed by atoms with E-state index in [2.05, 4.69) is 17.7 Å². The first kappa shape index (κ1) is 41.1. The van der Waals surface area contributed by atoms with Crippen LogP contribution in [0.1, 0.15) is 101 Å². The highest BCUT2D eigenvalue weighted by Crippen LogP contribution is 2.22. The van der Waals surface area contributed by atoms with Crippen molar-refractivity contribution in [2.75, 3.05) is 70.7 Å². The van der Waals surface area contributed by atoms with E-state index in [1.165, 1.54) is 18.3 Å². The molecule has 49 heavy (non-hydrogen) atoms. The van der Waals surface area contributed by atoms with Crippen molar-refractivity contribution in [2.24, 2.45) is 11.8 Å². The van der Waals surface area contributed by atoms with E-state index >= 15 is 0 Å². The summed E-state index contributed by atoms with van der Waals surface area (Å²) in [4.78, 5) is 51.3. The Bertz CT molecular complexity index is 1430. The third-order valence-electron chi connectivity index (χ3n) is 8.48. The Labute approximate surface area is 290 Å². The molecule has 0 radical (unpaired) electrons. The van der Waals surface area contributed by atoms with Gasteiger partial charge in [-0.25, -0.2) is 0 Å². The number of nitrogens with two attached hydrogens (primary N) is 1. The van der Waals surface area contributed by atoms with E-state index in [0.717, 1.165) is 82.5 Å². The summed E-state index contributed by atoms with van der Waals surface area (Å²) in [5.74, 6) is 6.29. The summed E-state index contributed by atoms with van der Waals surface area (Å²) in [6.07, 6.45) is 10.3. The standard InChI is InChI=1S/C17H25N3O4.C16H25N3O4.2CH4/c1-2-3-8-24-16-14(21)4-7-20-15(16)17(22)19(12-18-20)11-13-5-9-23-10-6-13;1-2-3-8-23-15-13(20)4-7-19(17)14(15)16(21)18-11-12-5-9-22-10-6-12;;/h4,7,13,18H,2-3,5-6,8-12H2,1H3;4,7,12H,2-3,5-6,8-11,17H2,1H3,(H,18,21);2*1H4. The van der Waals surface area contributed by atoms with E-state index < -0.39 is 0 Å². The molecule has 2 amide bonds. The zero-order valence-electron chi connectivity index (χ0n) is 27.7. The number of nitrogens with zero attached hydrogens (tertiary/aromatic N) is 3. The average molecular weight is 691 g/mol. The summed E-state index contributed by atoms with van der Waals surface area (Å²) in [6, 6.07) is 2.73. The van der Waals surface area contributed by atoms with Crippen LogP contribution in [0.25, 0.3) is 0 Å². The molecule has 0 bridgehead atoms. The van der Waals surface area contributed by atoms with Gasteiger partial charge < -0.3 is 40.4 Å². The molecule has 3 aliphatic heterocycles. The molecular formula is C35H58N6O8. The minimum Gasteiger partial charge on any atom is -0.487 e. The summed E-state index contributed by atoms with van der Waals surface area (Å²) >= 11 is 0. The van der Waals surface area contributed by atoms with Crippen molar-refractivity contribution in [3.63, 3.8) is 0 Å². The summed E-state index contributed by atoms with van der Waals surface area (Å²) in [5, 5.41) is 2.85. The minimum atomic E-state index is -0.386. The highest BCUT2D eigenvalue weighted by Gasteiger charge is 2.31. The molecule has 5 rings (SSSR count). The predicted molar refractivity (Wildman–Crippen MR) is 191 cm³/mol. The minimum absolute atomic E-state index is 0. The van der Waals surface area contributed by atoms with Crippen LogP contribution in [0.4, 0.5) is 0 Å². The Morgan fingerprint density at radius 3 is 2.04 bits per heavy atom. The highest BCUT2D eigenvalue weighted by atomic mass is 16.5. The van der Waals surface area contributed by atoms with Gasteiger partial charge in [-0.05, 0) is 50.4 Å². The first-order valence-electron chi connectivity index (χ1n) is 16.8. The van der Waals surface area contributed by atoms with Crippen molar-refractivity contribution in [3.8, 4) is 11.5 Å². The Hall–Kier alpha value is -4.04. The molecule has 2 aromatic heterocycles. The quantitative estimate of drug-likeness (QED) is 0.209.